The Kier molecular flexibility index (Phi) is 5.00. The molecule has 0 aromatic heterocycles. The Labute approximate surface area is 118 Å². The lowest BCUT2D eigenvalue weighted by atomic mass is 9.85. The smallest absolute Gasteiger partial charge is 0.0450 e. The van der Waals surface area contributed by atoms with Gasteiger partial charge in [0.15, 0.2) is 0 Å². The van der Waals surface area contributed by atoms with Crippen molar-refractivity contribution < 1.29 is 0 Å². The van der Waals surface area contributed by atoms with Crippen molar-refractivity contribution >= 4 is 0 Å². The molecule has 0 spiro atoms. The molecule has 0 aliphatic heterocycles. The van der Waals surface area contributed by atoms with Crippen molar-refractivity contribution in [2.24, 2.45) is 11.7 Å². The zero-order chi connectivity index (χ0) is 13.8. The zero-order valence-corrected chi connectivity index (χ0v) is 12.5. The Morgan fingerprint density at radius 2 is 1.89 bits per heavy atom. The topological polar surface area (TPSA) is 29.3 Å². The predicted octanol–water partition coefficient (Wildman–Crippen LogP) is 3.59. The van der Waals surface area contributed by atoms with Gasteiger partial charge >= 0.3 is 0 Å². The minimum absolute atomic E-state index is 0.100. The lowest BCUT2D eigenvalue weighted by Gasteiger charge is -2.39. The highest BCUT2D eigenvalue weighted by molar-refractivity contribution is 5.20. The van der Waals surface area contributed by atoms with E-state index >= 15 is 0 Å². The summed E-state index contributed by atoms with van der Waals surface area (Å²) in [5.41, 5.74) is 7.68. The van der Waals surface area contributed by atoms with Gasteiger partial charge < -0.3 is 5.73 Å². The van der Waals surface area contributed by atoms with Gasteiger partial charge in [0.05, 0.1) is 0 Å². The monoisotopic (exact) mass is 260 g/mol. The molecule has 19 heavy (non-hydrogen) atoms. The Morgan fingerprint density at radius 3 is 2.53 bits per heavy atom. The fourth-order valence-electron chi connectivity index (χ4n) is 3.31. The summed E-state index contributed by atoms with van der Waals surface area (Å²) in [6, 6.07) is 11.7. The Bertz CT molecular complexity index is 376. The molecule has 0 amide bonds. The van der Waals surface area contributed by atoms with Gasteiger partial charge in [-0.25, -0.2) is 0 Å². The molecule has 2 heteroatoms. The fourth-order valence-corrected chi connectivity index (χ4v) is 3.31. The van der Waals surface area contributed by atoms with Gasteiger partial charge in [0.2, 0.25) is 0 Å². The van der Waals surface area contributed by atoms with Crippen LogP contribution in [0, 0.1) is 5.92 Å². The van der Waals surface area contributed by atoms with Gasteiger partial charge in [0.1, 0.15) is 0 Å². The van der Waals surface area contributed by atoms with Gasteiger partial charge in [-0.15, -0.1) is 0 Å². The van der Waals surface area contributed by atoms with Crippen LogP contribution in [0.1, 0.15) is 51.1 Å². The third-order valence-corrected chi connectivity index (χ3v) is 4.83. The van der Waals surface area contributed by atoms with Crippen LogP contribution in [0.5, 0.6) is 0 Å². The van der Waals surface area contributed by atoms with E-state index < -0.39 is 0 Å². The van der Waals surface area contributed by atoms with E-state index in [0.29, 0.717) is 12.1 Å². The van der Waals surface area contributed by atoms with Crippen LogP contribution >= 0.6 is 0 Å². The maximum Gasteiger partial charge on any atom is 0.0450 e. The van der Waals surface area contributed by atoms with Crippen molar-refractivity contribution in [3.8, 4) is 0 Å². The molecule has 1 saturated carbocycles. The molecule has 0 bridgehead atoms. The number of benzene rings is 1. The van der Waals surface area contributed by atoms with E-state index in [2.05, 4.69) is 50.1 Å². The van der Waals surface area contributed by atoms with Gasteiger partial charge in [-0.3, -0.25) is 4.90 Å². The summed E-state index contributed by atoms with van der Waals surface area (Å²) in [4.78, 5) is 2.51. The third-order valence-electron chi connectivity index (χ3n) is 4.83. The van der Waals surface area contributed by atoms with E-state index in [1.807, 2.05) is 6.07 Å². The number of nitrogens with two attached hydrogens (primary N) is 1. The fraction of sp³-hybridized carbons (Fsp3) is 0.647. The van der Waals surface area contributed by atoms with E-state index in [1.165, 1.54) is 31.2 Å². The second-order valence-electron chi connectivity index (χ2n) is 6.27. The van der Waals surface area contributed by atoms with Crippen molar-refractivity contribution in [1.29, 1.82) is 0 Å². The molecule has 1 aliphatic rings. The Morgan fingerprint density at radius 1 is 1.21 bits per heavy atom. The number of rotatable bonds is 4. The molecule has 0 heterocycles. The third kappa shape index (κ3) is 3.58. The van der Waals surface area contributed by atoms with Crippen molar-refractivity contribution in [2.75, 3.05) is 7.05 Å². The summed E-state index contributed by atoms with van der Waals surface area (Å²) >= 11 is 0. The van der Waals surface area contributed by atoms with Gasteiger partial charge in [-0.1, -0.05) is 50.1 Å². The number of nitrogens with zero attached hydrogens (tertiary/aromatic N) is 1. The molecular weight excluding hydrogens is 232 g/mol. The van der Waals surface area contributed by atoms with E-state index in [9.17, 15) is 0 Å². The first kappa shape index (κ1) is 14.5. The lowest BCUT2D eigenvalue weighted by Crippen LogP contribution is -2.45. The van der Waals surface area contributed by atoms with E-state index in [4.69, 9.17) is 5.73 Å². The maximum atomic E-state index is 6.44. The summed E-state index contributed by atoms with van der Waals surface area (Å²) in [7, 11) is 2.25. The highest BCUT2D eigenvalue weighted by Crippen LogP contribution is 2.29. The van der Waals surface area contributed by atoms with Gasteiger partial charge in [0.25, 0.3) is 0 Å². The molecule has 1 aliphatic carbocycles. The van der Waals surface area contributed by atoms with Gasteiger partial charge in [0, 0.05) is 18.1 Å². The van der Waals surface area contributed by atoms with Crippen LogP contribution in [-0.4, -0.2) is 24.0 Å². The second-order valence-corrected chi connectivity index (χ2v) is 6.27. The molecule has 4 unspecified atom stereocenters. The van der Waals surface area contributed by atoms with Crippen LogP contribution in [0.2, 0.25) is 0 Å². The highest BCUT2D eigenvalue weighted by atomic mass is 15.2. The van der Waals surface area contributed by atoms with Gasteiger partial charge in [-0.05, 0) is 38.3 Å². The summed E-state index contributed by atoms with van der Waals surface area (Å²) in [5.74, 6) is 0.862. The molecule has 2 nitrogen and oxygen atoms in total. The zero-order valence-electron chi connectivity index (χ0n) is 12.5. The average Bonchev–Trinajstić information content (AvgIpc) is 2.46. The second kappa shape index (κ2) is 6.53. The highest BCUT2D eigenvalue weighted by Gasteiger charge is 2.28. The van der Waals surface area contributed by atoms with E-state index in [1.54, 1.807) is 0 Å². The van der Waals surface area contributed by atoms with E-state index in [-0.39, 0.29) is 6.04 Å². The lowest BCUT2D eigenvalue weighted by molar-refractivity contribution is 0.112. The molecular formula is C17H28N2. The Hall–Kier alpha value is -0.860. The molecule has 0 radical (unpaired) electrons. The summed E-state index contributed by atoms with van der Waals surface area (Å²) in [6.07, 6.45) is 5.40. The summed E-state index contributed by atoms with van der Waals surface area (Å²) in [6.45, 7) is 4.64. The van der Waals surface area contributed by atoms with Gasteiger partial charge in [-0.2, -0.15) is 0 Å². The van der Waals surface area contributed by atoms with E-state index in [0.717, 1.165) is 5.92 Å². The number of hydrogen-bond donors (Lipinski definition) is 1. The standard InChI is InChI=1S/C17H28N2/c1-13-8-7-11-16(12-13)19(3)14(2)17(18)15-9-5-4-6-10-15/h4-6,9-10,13-14,16-17H,7-8,11-12,18H2,1-3H3. The van der Waals surface area contributed by atoms with Crippen LogP contribution < -0.4 is 5.73 Å². The molecule has 1 fully saturated rings. The van der Waals surface area contributed by atoms with Crippen LogP contribution in [0.15, 0.2) is 30.3 Å². The molecule has 0 saturated heterocycles. The molecule has 106 valence electrons. The van der Waals surface area contributed by atoms with Crippen LogP contribution in [0.3, 0.4) is 0 Å². The minimum Gasteiger partial charge on any atom is -0.323 e. The van der Waals surface area contributed by atoms with Crippen molar-refractivity contribution in [3.05, 3.63) is 35.9 Å². The van der Waals surface area contributed by atoms with Crippen molar-refractivity contribution in [1.82, 2.24) is 4.90 Å². The average molecular weight is 260 g/mol. The minimum atomic E-state index is 0.100. The van der Waals surface area contributed by atoms with Crippen LogP contribution in [-0.2, 0) is 0 Å². The Balaban J connectivity index is 2.00. The van der Waals surface area contributed by atoms with Crippen LogP contribution in [0.4, 0.5) is 0 Å². The molecule has 2 rings (SSSR count). The van der Waals surface area contributed by atoms with Crippen molar-refractivity contribution in [2.45, 2.75) is 57.7 Å². The quantitative estimate of drug-likeness (QED) is 0.896. The first-order valence-electron chi connectivity index (χ1n) is 7.62. The normalized spacial score (nSPS) is 27.2. The first-order chi connectivity index (χ1) is 9.09. The maximum absolute atomic E-state index is 6.44. The predicted molar refractivity (Wildman–Crippen MR) is 82.0 cm³/mol. The SMILES string of the molecule is CC1CCCC(N(C)C(C)C(N)c2ccccc2)C1. The molecule has 1 aromatic carbocycles. The molecule has 4 atom stereocenters. The number of hydrogen-bond acceptors (Lipinski definition) is 2. The first-order valence-corrected chi connectivity index (χ1v) is 7.62. The molecule has 2 N–H and O–H groups in total. The van der Waals surface area contributed by atoms with Crippen LogP contribution in [0.25, 0.3) is 0 Å². The largest absolute Gasteiger partial charge is 0.323 e. The summed E-state index contributed by atoms with van der Waals surface area (Å²) < 4.78 is 0. The van der Waals surface area contributed by atoms with Crippen molar-refractivity contribution in [3.63, 3.8) is 0 Å². The summed E-state index contributed by atoms with van der Waals surface area (Å²) in [5, 5.41) is 0. The molecule has 1 aromatic rings. The number of likely N-dealkylation sites (N-methyl/N-ethyl adjacent to an activating group) is 1.